The number of carbonyl (C=O) groups excluding carboxylic acids is 2. The average molecular weight is 309 g/mol. The first-order valence-corrected chi connectivity index (χ1v) is 6.07. The van der Waals surface area contributed by atoms with Crippen molar-refractivity contribution in [1.29, 1.82) is 0 Å². The van der Waals surface area contributed by atoms with Crippen LogP contribution in [0.15, 0.2) is 29.4 Å². The molecular formula is C14H10F3N3O2. The second kappa shape index (κ2) is 7.86. The molecule has 1 aromatic carbocycles. The van der Waals surface area contributed by atoms with E-state index in [1.165, 1.54) is 24.3 Å². The summed E-state index contributed by atoms with van der Waals surface area (Å²) in [4.78, 5) is 24.8. The number of ketones is 2. The topological polar surface area (TPSA) is 82.9 Å². The van der Waals surface area contributed by atoms with Crippen LogP contribution in [0, 0.1) is 11.8 Å². The van der Waals surface area contributed by atoms with E-state index in [0.717, 1.165) is 0 Å². The Bertz CT molecular complexity index is 663. The third-order valence-corrected chi connectivity index (χ3v) is 2.48. The maximum absolute atomic E-state index is 12.1. The first-order valence-electron chi connectivity index (χ1n) is 6.07. The van der Waals surface area contributed by atoms with Gasteiger partial charge in [-0.15, -0.1) is 0 Å². The zero-order chi connectivity index (χ0) is 16.6. The molecule has 0 amide bonds. The molecule has 0 heterocycles. The zero-order valence-corrected chi connectivity index (χ0v) is 11.2. The molecule has 0 aliphatic heterocycles. The largest absolute Gasteiger partial charge is 0.450 e. The standard InChI is InChI=1S/C14H10F3N3O2/c15-14(16,17)13(22)9-12(21)11-6-4-10(5-7-11)3-1-2-8-19-20-18/h4-7H,2,8-9H2. The number of Topliss-reactive ketones (excluding diaryl/α,β-unsaturated/α-hetero) is 2. The van der Waals surface area contributed by atoms with Crippen molar-refractivity contribution < 1.29 is 22.8 Å². The minimum absolute atomic E-state index is 0.0113. The highest BCUT2D eigenvalue weighted by Gasteiger charge is 2.39. The number of alkyl halides is 3. The Morgan fingerprint density at radius 3 is 2.41 bits per heavy atom. The molecule has 0 spiro atoms. The van der Waals surface area contributed by atoms with E-state index in [2.05, 4.69) is 21.9 Å². The summed E-state index contributed by atoms with van der Waals surface area (Å²) in [6.07, 6.45) is -5.85. The monoisotopic (exact) mass is 309 g/mol. The quantitative estimate of drug-likeness (QED) is 0.159. The van der Waals surface area contributed by atoms with Crippen molar-refractivity contribution in [2.75, 3.05) is 6.54 Å². The maximum atomic E-state index is 12.1. The molecule has 22 heavy (non-hydrogen) atoms. The molecule has 0 atom stereocenters. The van der Waals surface area contributed by atoms with E-state index in [1.807, 2.05) is 0 Å². The third kappa shape index (κ3) is 5.69. The molecule has 0 bridgehead atoms. The van der Waals surface area contributed by atoms with Crippen LogP contribution in [0.2, 0.25) is 0 Å². The van der Waals surface area contributed by atoms with Crippen molar-refractivity contribution in [3.63, 3.8) is 0 Å². The van der Waals surface area contributed by atoms with Gasteiger partial charge in [0.15, 0.2) is 5.78 Å². The minimum atomic E-state index is -5.01. The van der Waals surface area contributed by atoms with Gasteiger partial charge < -0.3 is 0 Å². The fourth-order valence-electron chi connectivity index (χ4n) is 1.40. The molecule has 0 fully saturated rings. The SMILES string of the molecule is [N-]=[N+]=NCCC#Cc1ccc(C(=O)CC(=O)C(F)(F)F)cc1. The first-order chi connectivity index (χ1) is 10.3. The summed E-state index contributed by atoms with van der Waals surface area (Å²) in [5.41, 5.74) is 8.63. The Kier molecular flexibility index (Phi) is 6.17. The van der Waals surface area contributed by atoms with Crippen LogP contribution in [0.25, 0.3) is 10.4 Å². The van der Waals surface area contributed by atoms with Crippen molar-refractivity contribution in [3.05, 3.63) is 45.8 Å². The molecule has 0 radical (unpaired) electrons. The molecule has 0 saturated heterocycles. The van der Waals surface area contributed by atoms with Crippen molar-refractivity contribution in [3.8, 4) is 11.8 Å². The normalized spacial score (nSPS) is 10.1. The lowest BCUT2D eigenvalue weighted by Crippen LogP contribution is -2.25. The highest BCUT2D eigenvalue weighted by atomic mass is 19.4. The summed E-state index contributed by atoms with van der Waals surface area (Å²) in [6, 6.07) is 5.55. The Morgan fingerprint density at radius 1 is 1.23 bits per heavy atom. The predicted octanol–water partition coefficient (Wildman–Crippen LogP) is 3.44. The maximum Gasteiger partial charge on any atom is 0.450 e. The predicted molar refractivity (Wildman–Crippen MR) is 72.0 cm³/mol. The summed E-state index contributed by atoms with van der Waals surface area (Å²) in [5, 5.41) is 3.30. The van der Waals surface area contributed by atoms with Gasteiger partial charge in [0.25, 0.3) is 0 Å². The Morgan fingerprint density at radius 2 is 1.86 bits per heavy atom. The van der Waals surface area contributed by atoms with Gasteiger partial charge >= 0.3 is 6.18 Å². The van der Waals surface area contributed by atoms with Crippen LogP contribution in [0.4, 0.5) is 13.2 Å². The van der Waals surface area contributed by atoms with Gasteiger partial charge in [0.1, 0.15) is 0 Å². The van der Waals surface area contributed by atoms with Crippen molar-refractivity contribution >= 4 is 11.6 Å². The van der Waals surface area contributed by atoms with Gasteiger partial charge in [-0.3, -0.25) is 9.59 Å². The highest BCUT2D eigenvalue weighted by molar-refractivity contribution is 6.09. The van der Waals surface area contributed by atoms with Gasteiger partial charge in [-0.2, -0.15) is 13.2 Å². The first kappa shape index (κ1) is 17.3. The van der Waals surface area contributed by atoms with Crippen LogP contribution in [-0.4, -0.2) is 24.3 Å². The molecular weight excluding hydrogens is 299 g/mol. The van der Waals surface area contributed by atoms with Crippen LogP contribution in [0.5, 0.6) is 0 Å². The summed E-state index contributed by atoms with van der Waals surface area (Å²) in [7, 11) is 0. The number of benzene rings is 1. The summed E-state index contributed by atoms with van der Waals surface area (Å²) in [6.45, 7) is 0.236. The van der Waals surface area contributed by atoms with Crippen LogP contribution in [-0.2, 0) is 4.79 Å². The van der Waals surface area contributed by atoms with Crippen LogP contribution in [0.3, 0.4) is 0 Å². The molecule has 0 unspecified atom stereocenters. The molecule has 1 aromatic rings. The second-order valence-electron chi connectivity index (χ2n) is 4.10. The molecule has 5 nitrogen and oxygen atoms in total. The zero-order valence-electron chi connectivity index (χ0n) is 11.2. The van der Waals surface area contributed by atoms with Crippen molar-refractivity contribution in [2.24, 2.45) is 5.11 Å². The fourth-order valence-corrected chi connectivity index (χ4v) is 1.40. The van der Waals surface area contributed by atoms with E-state index < -0.39 is 24.2 Å². The number of halogens is 3. The number of azide groups is 1. The number of rotatable bonds is 5. The Hall–Kier alpha value is -2.78. The van der Waals surface area contributed by atoms with Gasteiger partial charge in [-0.05, 0) is 17.7 Å². The minimum Gasteiger partial charge on any atom is -0.294 e. The Balaban J connectivity index is 2.66. The summed E-state index contributed by atoms with van der Waals surface area (Å²) >= 11 is 0. The average Bonchev–Trinajstić information content (AvgIpc) is 2.46. The molecule has 0 aliphatic rings. The van der Waals surface area contributed by atoms with E-state index in [0.29, 0.717) is 12.0 Å². The van der Waals surface area contributed by atoms with E-state index >= 15 is 0 Å². The number of hydrogen-bond donors (Lipinski definition) is 0. The van der Waals surface area contributed by atoms with E-state index in [-0.39, 0.29) is 12.1 Å². The van der Waals surface area contributed by atoms with Gasteiger partial charge in [0.05, 0.1) is 6.42 Å². The number of nitrogens with zero attached hydrogens (tertiary/aromatic N) is 3. The van der Waals surface area contributed by atoms with Crippen LogP contribution < -0.4 is 0 Å². The number of hydrogen-bond acceptors (Lipinski definition) is 3. The second-order valence-corrected chi connectivity index (χ2v) is 4.10. The van der Waals surface area contributed by atoms with Crippen molar-refractivity contribution in [2.45, 2.75) is 19.0 Å². The molecule has 0 saturated carbocycles. The number of carbonyl (C=O) groups is 2. The summed E-state index contributed by atoms with van der Waals surface area (Å²) < 4.78 is 36.2. The van der Waals surface area contributed by atoms with Crippen LogP contribution >= 0.6 is 0 Å². The molecule has 114 valence electrons. The smallest absolute Gasteiger partial charge is 0.294 e. The lowest BCUT2D eigenvalue weighted by Gasteiger charge is -2.04. The van der Waals surface area contributed by atoms with Gasteiger partial charge in [0.2, 0.25) is 5.78 Å². The molecule has 0 aliphatic carbocycles. The summed E-state index contributed by atoms with van der Waals surface area (Å²) in [5.74, 6) is 2.51. The molecule has 8 heteroatoms. The lowest BCUT2D eigenvalue weighted by atomic mass is 10.0. The Labute approximate surface area is 123 Å². The van der Waals surface area contributed by atoms with Gasteiger partial charge in [0, 0.05) is 29.0 Å². The van der Waals surface area contributed by atoms with E-state index in [4.69, 9.17) is 5.53 Å². The molecule has 1 rings (SSSR count). The lowest BCUT2D eigenvalue weighted by molar-refractivity contribution is -0.170. The van der Waals surface area contributed by atoms with E-state index in [9.17, 15) is 22.8 Å². The highest BCUT2D eigenvalue weighted by Crippen LogP contribution is 2.19. The van der Waals surface area contributed by atoms with E-state index in [1.54, 1.807) is 0 Å². The van der Waals surface area contributed by atoms with Crippen molar-refractivity contribution in [1.82, 2.24) is 0 Å². The van der Waals surface area contributed by atoms with Gasteiger partial charge in [-0.25, -0.2) is 0 Å². The molecule has 0 aromatic heterocycles. The van der Waals surface area contributed by atoms with Gasteiger partial charge in [-0.1, -0.05) is 29.1 Å². The van der Waals surface area contributed by atoms with Crippen LogP contribution in [0.1, 0.15) is 28.8 Å². The fraction of sp³-hybridized carbons (Fsp3) is 0.286. The molecule has 0 N–H and O–H groups in total. The third-order valence-electron chi connectivity index (χ3n) is 2.48.